The number of aromatic hydroxyl groups is 1. The van der Waals surface area contributed by atoms with Crippen LogP contribution in [0.3, 0.4) is 0 Å². The fourth-order valence-corrected chi connectivity index (χ4v) is 2.69. The molecule has 1 aromatic rings. The SMILES string of the molecule is CNCC(=Cc1cc(C)c(O)c(C)c1)B1OC(C)(C)C(C)(C)O1. The van der Waals surface area contributed by atoms with Gasteiger partial charge in [0.2, 0.25) is 0 Å². The van der Waals surface area contributed by atoms with Crippen LogP contribution in [0, 0.1) is 13.8 Å². The number of nitrogens with one attached hydrogen (secondary N) is 1. The molecule has 0 atom stereocenters. The van der Waals surface area contributed by atoms with Gasteiger partial charge in [-0.05, 0) is 82.9 Å². The van der Waals surface area contributed by atoms with E-state index < -0.39 is 0 Å². The summed E-state index contributed by atoms with van der Waals surface area (Å²) >= 11 is 0. The Bertz CT molecular complexity index is 584. The van der Waals surface area contributed by atoms with Crippen LogP contribution in [-0.2, 0) is 9.31 Å². The second-order valence-corrected chi connectivity index (χ2v) is 7.34. The van der Waals surface area contributed by atoms with E-state index in [0.29, 0.717) is 12.3 Å². The Morgan fingerprint density at radius 1 is 1.13 bits per heavy atom. The molecule has 2 N–H and O–H groups in total. The van der Waals surface area contributed by atoms with Crippen molar-refractivity contribution < 1.29 is 14.4 Å². The van der Waals surface area contributed by atoms with Crippen LogP contribution in [0.15, 0.2) is 17.6 Å². The zero-order valence-corrected chi connectivity index (χ0v) is 15.3. The Morgan fingerprint density at radius 3 is 2.04 bits per heavy atom. The molecule has 0 radical (unpaired) electrons. The van der Waals surface area contributed by atoms with Gasteiger partial charge in [-0.2, -0.15) is 0 Å². The predicted octanol–water partition coefficient (Wildman–Crippen LogP) is 3.24. The van der Waals surface area contributed by atoms with Crippen molar-refractivity contribution in [3.8, 4) is 5.75 Å². The molecule has 0 aromatic heterocycles. The second kappa shape index (κ2) is 6.31. The van der Waals surface area contributed by atoms with Crippen LogP contribution >= 0.6 is 0 Å². The van der Waals surface area contributed by atoms with Gasteiger partial charge in [0.05, 0.1) is 11.2 Å². The summed E-state index contributed by atoms with van der Waals surface area (Å²) in [6.07, 6.45) is 2.08. The summed E-state index contributed by atoms with van der Waals surface area (Å²) in [6.45, 7) is 12.7. The third kappa shape index (κ3) is 3.62. The number of aryl methyl sites for hydroxylation is 2. The highest BCUT2D eigenvalue weighted by molar-refractivity contribution is 6.55. The molecule has 23 heavy (non-hydrogen) atoms. The molecule has 1 heterocycles. The number of phenolic OH excluding ortho intramolecular Hbond substituents is 1. The molecule has 0 aliphatic carbocycles. The number of phenols is 1. The highest BCUT2D eigenvalue weighted by Gasteiger charge is 2.52. The van der Waals surface area contributed by atoms with Crippen LogP contribution in [0.25, 0.3) is 6.08 Å². The lowest BCUT2D eigenvalue weighted by Gasteiger charge is -2.32. The molecule has 0 bridgehead atoms. The molecular formula is C18H28BNO3. The third-order valence-electron chi connectivity index (χ3n) is 4.80. The summed E-state index contributed by atoms with van der Waals surface area (Å²) in [4.78, 5) is 0. The first-order chi connectivity index (χ1) is 10.6. The van der Waals surface area contributed by atoms with E-state index >= 15 is 0 Å². The normalized spacial score (nSPS) is 20.1. The molecule has 1 saturated heterocycles. The first-order valence-corrected chi connectivity index (χ1v) is 8.08. The Morgan fingerprint density at radius 2 is 1.61 bits per heavy atom. The average Bonchev–Trinajstić information content (AvgIpc) is 2.64. The summed E-state index contributed by atoms with van der Waals surface area (Å²) in [5.41, 5.74) is 3.10. The first kappa shape index (κ1) is 18.0. The molecule has 1 aliphatic rings. The third-order valence-corrected chi connectivity index (χ3v) is 4.80. The lowest BCUT2D eigenvalue weighted by Crippen LogP contribution is -2.41. The van der Waals surface area contributed by atoms with E-state index in [1.54, 1.807) is 0 Å². The van der Waals surface area contributed by atoms with E-state index in [9.17, 15) is 5.11 Å². The standard InChI is InChI=1S/C18H28BNO3/c1-12-8-14(9-13(2)16(12)21)10-15(11-20-7)19-22-17(3,4)18(5,6)23-19/h8-10,20-21H,11H2,1-7H3. The Kier molecular flexibility index (Phi) is 4.95. The van der Waals surface area contributed by atoms with Crippen molar-refractivity contribution in [2.24, 2.45) is 0 Å². The van der Waals surface area contributed by atoms with Crippen LogP contribution in [0.1, 0.15) is 44.4 Å². The second-order valence-electron chi connectivity index (χ2n) is 7.34. The van der Waals surface area contributed by atoms with Gasteiger partial charge in [0.25, 0.3) is 0 Å². The van der Waals surface area contributed by atoms with Gasteiger partial charge in [-0.15, -0.1) is 0 Å². The summed E-state index contributed by atoms with van der Waals surface area (Å²) in [5, 5.41) is 13.1. The van der Waals surface area contributed by atoms with Crippen LogP contribution in [0.4, 0.5) is 0 Å². The molecule has 1 aromatic carbocycles. The minimum Gasteiger partial charge on any atom is -0.507 e. The van der Waals surface area contributed by atoms with Crippen LogP contribution in [0.2, 0.25) is 0 Å². The van der Waals surface area contributed by atoms with Crippen LogP contribution in [0.5, 0.6) is 5.75 Å². The van der Waals surface area contributed by atoms with Crippen LogP contribution < -0.4 is 5.32 Å². The fourth-order valence-electron chi connectivity index (χ4n) is 2.69. The van der Waals surface area contributed by atoms with E-state index in [1.807, 2.05) is 33.0 Å². The molecule has 0 unspecified atom stereocenters. The number of hydrogen-bond acceptors (Lipinski definition) is 4. The van der Waals surface area contributed by atoms with Crippen molar-refractivity contribution in [3.63, 3.8) is 0 Å². The highest BCUT2D eigenvalue weighted by Crippen LogP contribution is 2.38. The lowest BCUT2D eigenvalue weighted by atomic mass is 9.77. The Hall–Kier alpha value is -1.30. The molecule has 0 amide bonds. The highest BCUT2D eigenvalue weighted by atomic mass is 16.7. The molecule has 0 spiro atoms. The maximum absolute atomic E-state index is 9.93. The molecule has 0 saturated carbocycles. The number of likely N-dealkylation sites (N-methyl/N-ethyl adjacent to an activating group) is 1. The van der Waals surface area contributed by atoms with Gasteiger partial charge < -0.3 is 19.7 Å². The Balaban J connectivity index is 2.36. The first-order valence-electron chi connectivity index (χ1n) is 8.08. The van der Waals surface area contributed by atoms with Gasteiger partial charge >= 0.3 is 7.12 Å². The van der Waals surface area contributed by atoms with Crippen molar-refractivity contribution >= 4 is 13.2 Å². The molecule has 1 aliphatic heterocycles. The average molecular weight is 317 g/mol. The molecule has 5 heteroatoms. The minimum absolute atomic E-state index is 0.355. The largest absolute Gasteiger partial charge is 0.507 e. The van der Waals surface area contributed by atoms with Crippen molar-refractivity contribution in [2.45, 2.75) is 52.7 Å². The lowest BCUT2D eigenvalue weighted by molar-refractivity contribution is 0.00578. The predicted molar refractivity (Wildman–Crippen MR) is 95.6 cm³/mol. The van der Waals surface area contributed by atoms with E-state index in [1.165, 1.54) is 0 Å². The quantitative estimate of drug-likeness (QED) is 0.837. The van der Waals surface area contributed by atoms with Gasteiger partial charge in [0.15, 0.2) is 0 Å². The number of rotatable bonds is 4. The van der Waals surface area contributed by atoms with E-state index in [2.05, 4.69) is 39.1 Å². The fraction of sp³-hybridized carbons (Fsp3) is 0.556. The van der Waals surface area contributed by atoms with E-state index in [-0.39, 0.29) is 18.3 Å². The summed E-state index contributed by atoms with van der Waals surface area (Å²) in [7, 11) is 1.54. The zero-order valence-electron chi connectivity index (χ0n) is 15.3. The minimum atomic E-state index is -0.373. The summed E-state index contributed by atoms with van der Waals surface area (Å²) < 4.78 is 12.3. The maximum atomic E-state index is 9.93. The van der Waals surface area contributed by atoms with Gasteiger partial charge in [-0.3, -0.25) is 0 Å². The molecule has 126 valence electrons. The molecule has 2 rings (SSSR count). The monoisotopic (exact) mass is 317 g/mol. The number of benzene rings is 1. The van der Waals surface area contributed by atoms with Gasteiger partial charge in [0.1, 0.15) is 5.75 Å². The van der Waals surface area contributed by atoms with Crippen LogP contribution in [-0.4, -0.2) is 37.0 Å². The molecule has 1 fully saturated rings. The molecule has 4 nitrogen and oxygen atoms in total. The molecular weight excluding hydrogens is 289 g/mol. The topological polar surface area (TPSA) is 50.7 Å². The van der Waals surface area contributed by atoms with Gasteiger partial charge in [-0.1, -0.05) is 6.08 Å². The number of hydrogen-bond donors (Lipinski definition) is 2. The summed E-state index contributed by atoms with van der Waals surface area (Å²) in [5.74, 6) is 0.355. The van der Waals surface area contributed by atoms with Gasteiger partial charge in [0, 0.05) is 6.54 Å². The van der Waals surface area contributed by atoms with Crippen molar-refractivity contribution in [3.05, 3.63) is 34.3 Å². The smallest absolute Gasteiger partial charge is 0.491 e. The van der Waals surface area contributed by atoms with Gasteiger partial charge in [-0.25, -0.2) is 0 Å². The van der Waals surface area contributed by atoms with Crippen molar-refractivity contribution in [1.29, 1.82) is 0 Å². The Labute approximate surface area is 140 Å². The van der Waals surface area contributed by atoms with Crippen molar-refractivity contribution in [2.75, 3.05) is 13.6 Å². The summed E-state index contributed by atoms with van der Waals surface area (Å²) in [6, 6.07) is 3.95. The van der Waals surface area contributed by atoms with Crippen molar-refractivity contribution in [1.82, 2.24) is 5.32 Å². The maximum Gasteiger partial charge on any atom is 0.491 e. The van der Waals surface area contributed by atoms with E-state index in [0.717, 1.165) is 22.2 Å². The van der Waals surface area contributed by atoms with E-state index in [4.69, 9.17) is 9.31 Å². The zero-order chi connectivity index (χ0) is 17.4.